The van der Waals surface area contributed by atoms with E-state index in [2.05, 4.69) is 26.3 Å². The third-order valence-corrected chi connectivity index (χ3v) is 3.33. The summed E-state index contributed by atoms with van der Waals surface area (Å²) in [5, 5.41) is 5.99. The Balaban J connectivity index is 1.87. The highest BCUT2D eigenvalue weighted by Crippen LogP contribution is 2.14. The monoisotopic (exact) mass is 274 g/mol. The molecule has 0 bridgehead atoms. The first-order valence-corrected chi connectivity index (χ1v) is 7.05. The van der Waals surface area contributed by atoms with E-state index in [1.54, 1.807) is 0 Å². The zero-order chi connectivity index (χ0) is 14.4. The number of nitrogens with zero attached hydrogens (tertiary/aromatic N) is 2. The summed E-state index contributed by atoms with van der Waals surface area (Å²) in [5.41, 5.74) is 2.12. The standard InChI is InChI=1S/C15H22N4O/c1-12-18-13-6-3-4-7-14(13)19(12)11-10-17-15(20)8-5-9-16-2/h3-4,6-7,16H,5,8-11H2,1-2H3,(H,17,20). The van der Waals surface area contributed by atoms with Gasteiger partial charge in [-0.05, 0) is 39.1 Å². The number of aromatic nitrogens is 2. The summed E-state index contributed by atoms with van der Waals surface area (Å²) in [6, 6.07) is 8.07. The zero-order valence-corrected chi connectivity index (χ0v) is 12.1. The molecule has 2 rings (SSSR count). The van der Waals surface area contributed by atoms with Crippen molar-refractivity contribution in [2.75, 3.05) is 20.1 Å². The highest BCUT2D eigenvalue weighted by Gasteiger charge is 2.06. The Morgan fingerprint density at radius 2 is 2.10 bits per heavy atom. The molecule has 2 aromatic rings. The number of para-hydroxylation sites is 2. The summed E-state index contributed by atoms with van der Waals surface area (Å²) in [4.78, 5) is 16.1. The van der Waals surface area contributed by atoms with Crippen molar-refractivity contribution in [3.8, 4) is 0 Å². The number of hydrogen-bond acceptors (Lipinski definition) is 3. The first kappa shape index (κ1) is 14.5. The van der Waals surface area contributed by atoms with Crippen molar-refractivity contribution in [2.24, 2.45) is 0 Å². The Labute approximate surface area is 119 Å². The van der Waals surface area contributed by atoms with Crippen molar-refractivity contribution in [3.63, 3.8) is 0 Å². The van der Waals surface area contributed by atoms with Crippen molar-refractivity contribution in [3.05, 3.63) is 30.1 Å². The molecular formula is C15H22N4O. The van der Waals surface area contributed by atoms with Crippen LogP contribution in [0.5, 0.6) is 0 Å². The summed E-state index contributed by atoms with van der Waals surface area (Å²) in [5.74, 6) is 1.10. The molecule has 5 nitrogen and oxygen atoms in total. The lowest BCUT2D eigenvalue weighted by Crippen LogP contribution is -2.27. The predicted molar refractivity (Wildman–Crippen MR) is 80.6 cm³/mol. The SMILES string of the molecule is CNCCCC(=O)NCCn1c(C)nc2ccccc21. The van der Waals surface area contributed by atoms with Gasteiger partial charge in [-0.1, -0.05) is 12.1 Å². The molecule has 1 amide bonds. The van der Waals surface area contributed by atoms with Gasteiger partial charge < -0.3 is 15.2 Å². The molecule has 0 saturated heterocycles. The molecular weight excluding hydrogens is 252 g/mol. The van der Waals surface area contributed by atoms with E-state index in [0.717, 1.165) is 36.4 Å². The molecule has 0 saturated carbocycles. The molecule has 108 valence electrons. The molecule has 5 heteroatoms. The second-order valence-corrected chi connectivity index (χ2v) is 4.86. The fourth-order valence-corrected chi connectivity index (χ4v) is 2.30. The second-order valence-electron chi connectivity index (χ2n) is 4.86. The summed E-state index contributed by atoms with van der Waals surface area (Å²) in [6.07, 6.45) is 1.44. The number of hydrogen-bond donors (Lipinski definition) is 2. The van der Waals surface area contributed by atoms with Crippen LogP contribution in [0.15, 0.2) is 24.3 Å². The van der Waals surface area contributed by atoms with E-state index in [1.165, 1.54) is 0 Å². The van der Waals surface area contributed by atoms with Gasteiger partial charge in [0, 0.05) is 19.5 Å². The topological polar surface area (TPSA) is 59.0 Å². The molecule has 0 aliphatic rings. The number of imidazole rings is 1. The molecule has 0 radical (unpaired) electrons. The molecule has 0 spiro atoms. The third kappa shape index (κ3) is 3.57. The maximum atomic E-state index is 11.6. The number of amides is 1. The van der Waals surface area contributed by atoms with Crippen LogP contribution in [0.2, 0.25) is 0 Å². The van der Waals surface area contributed by atoms with Crippen molar-refractivity contribution in [1.82, 2.24) is 20.2 Å². The van der Waals surface area contributed by atoms with Crippen LogP contribution in [-0.2, 0) is 11.3 Å². The maximum absolute atomic E-state index is 11.6. The van der Waals surface area contributed by atoms with Crippen LogP contribution in [0.1, 0.15) is 18.7 Å². The normalized spacial score (nSPS) is 10.9. The van der Waals surface area contributed by atoms with E-state index in [0.29, 0.717) is 13.0 Å². The van der Waals surface area contributed by atoms with Crippen LogP contribution in [0.25, 0.3) is 11.0 Å². The minimum Gasteiger partial charge on any atom is -0.354 e. The molecule has 0 aliphatic heterocycles. The predicted octanol–water partition coefficient (Wildman–Crippen LogP) is 1.46. The van der Waals surface area contributed by atoms with Gasteiger partial charge in [0.25, 0.3) is 0 Å². The summed E-state index contributed by atoms with van der Waals surface area (Å²) in [6.45, 7) is 4.26. The third-order valence-electron chi connectivity index (χ3n) is 3.33. The van der Waals surface area contributed by atoms with E-state index < -0.39 is 0 Å². The van der Waals surface area contributed by atoms with Gasteiger partial charge in [0.1, 0.15) is 5.82 Å². The Bertz CT molecular complexity index is 576. The average Bonchev–Trinajstić information content (AvgIpc) is 2.75. The number of carbonyl (C=O) groups excluding carboxylic acids is 1. The lowest BCUT2D eigenvalue weighted by Gasteiger charge is -2.08. The Kier molecular flexibility index (Phi) is 5.12. The molecule has 0 atom stereocenters. The van der Waals surface area contributed by atoms with E-state index in [1.807, 2.05) is 32.2 Å². The van der Waals surface area contributed by atoms with Crippen LogP contribution in [0.3, 0.4) is 0 Å². The first-order chi connectivity index (χ1) is 9.72. The Hall–Kier alpha value is -1.88. The first-order valence-electron chi connectivity index (χ1n) is 7.05. The number of fused-ring (bicyclic) bond motifs is 1. The van der Waals surface area contributed by atoms with Crippen LogP contribution < -0.4 is 10.6 Å². The fraction of sp³-hybridized carbons (Fsp3) is 0.467. The van der Waals surface area contributed by atoms with Crippen molar-refractivity contribution in [1.29, 1.82) is 0 Å². The lowest BCUT2D eigenvalue weighted by atomic mass is 10.3. The Morgan fingerprint density at radius 3 is 2.90 bits per heavy atom. The molecule has 0 unspecified atom stereocenters. The molecule has 1 aromatic heterocycles. The number of benzene rings is 1. The molecule has 2 N–H and O–H groups in total. The summed E-state index contributed by atoms with van der Waals surface area (Å²) < 4.78 is 2.14. The molecule has 1 heterocycles. The van der Waals surface area contributed by atoms with Crippen molar-refractivity contribution in [2.45, 2.75) is 26.3 Å². The van der Waals surface area contributed by atoms with Gasteiger partial charge in [-0.2, -0.15) is 0 Å². The highest BCUT2D eigenvalue weighted by atomic mass is 16.1. The van der Waals surface area contributed by atoms with E-state index >= 15 is 0 Å². The highest BCUT2D eigenvalue weighted by molar-refractivity contribution is 5.76. The quantitative estimate of drug-likeness (QED) is 0.752. The van der Waals surface area contributed by atoms with Gasteiger partial charge in [0.2, 0.25) is 5.91 Å². The van der Waals surface area contributed by atoms with Gasteiger partial charge >= 0.3 is 0 Å². The zero-order valence-electron chi connectivity index (χ0n) is 12.1. The number of aryl methyl sites for hydroxylation is 1. The fourth-order valence-electron chi connectivity index (χ4n) is 2.30. The van der Waals surface area contributed by atoms with Gasteiger partial charge in [0.05, 0.1) is 11.0 Å². The molecule has 0 fully saturated rings. The van der Waals surface area contributed by atoms with Crippen LogP contribution in [0, 0.1) is 6.92 Å². The molecule has 0 aliphatic carbocycles. The van der Waals surface area contributed by atoms with Crippen LogP contribution in [-0.4, -0.2) is 35.6 Å². The van der Waals surface area contributed by atoms with Gasteiger partial charge in [-0.15, -0.1) is 0 Å². The van der Waals surface area contributed by atoms with Crippen molar-refractivity contribution >= 4 is 16.9 Å². The minimum absolute atomic E-state index is 0.113. The number of carbonyl (C=O) groups is 1. The maximum Gasteiger partial charge on any atom is 0.220 e. The van der Waals surface area contributed by atoms with Crippen molar-refractivity contribution < 1.29 is 4.79 Å². The second kappa shape index (κ2) is 7.05. The van der Waals surface area contributed by atoms with Gasteiger partial charge in [-0.3, -0.25) is 4.79 Å². The summed E-state index contributed by atoms with van der Waals surface area (Å²) >= 11 is 0. The van der Waals surface area contributed by atoms with E-state index in [9.17, 15) is 4.79 Å². The largest absolute Gasteiger partial charge is 0.354 e. The van der Waals surface area contributed by atoms with Gasteiger partial charge in [-0.25, -0.2) is 4.98 Å². The van der Waals surface area contributed by atoms with E-state index in [4.69, 9.17) is 0 Å². The van der Waals surface area contributed by atoms with Gasteiger partial charge in [0.15, 0.2) is 0 Å². The Morgan fingerprint density at radius 1 is 1.30 bits per heavy atom. The average molecular weight is 274 g/mol. The van der Waals surface area contributed by atoms with E-state index in [-0.39, 0.29) is 5.91 Å². The van der Waals surface area contributed by atoms with Crippen LogP contribution in [0.4, 0.5) is 0 Å². The van der Waals surface area contributed by atoms with Crippen LogP contribution >= 0.6 is 0 Å². The molecule has 20 heavy (non-hydrogen) atoms. The number of rotatable bonds is 7. The minimum atomic E-state index is 0.113. The lowest BCUT2D eigenvalue weighted by molar-refractivity contribution is -0.121. The number of nitrogens with one attached hydrogen (secondary N) is 2. The smallest absolute Gasteiger partial charge is 0.220 e. The summed E-state index contributed by atoms with van der Waals surface area (Å²) in [7, 11) is 1.89. The molecule has 1 aromatic carbocycles.